The molecule has 1 unspecified atom stereocenters. The van der Waals surface area contributed by atoms with Crippen molar-refractivity contribution in [1.29, 1.82) is 0 Å². The second kappa shape index (κ2) is 6.28. The predicted octanol–water partition coefficient (Wildman–Crippen LogP) is 2.27. The third-order valence-electron chi connectivity index (χ3n) is 4.43. The monoisotopic (exact) mass is 332 g/mol. The Kier molecular flexibility index (Phi) is 4.35. The molecule has 0 aliphatic carbocycles. The van der Waals surface area contributed by atoms with Crippen LogP contribution in [-0.4, -0.2) is 48.8 Å². The maximum atomic E-state index is 12.9. The van der Waals surface area contributed by atoms with Crippen molar-refractivity contribution in [2.45, 2.75) is 24.5 Å². The van der Waals surface area contributed by atoms with Crippen LogP contribution in [0.1, 0.15) is 29.6 Å². The van der Waals surface area contributed by atoms with Crippen LogP contribution in [0.15, 0.2) is 36.5 Å². The molecule has 5 nitrogen and oxygen atoms in total. The van der Waals surface area contributed by atoms with Gasteiger partial charge < -0.3 is 4.90 Å². The quantitative estimate of drug-likeness (QED) is 0.846. The molecule has 1 aromatic heterocycles. The highest BCUT2D eigenvalue weighted by atomic mass is 32.2. The van der Waals surface area contributed by atoms with Crippen molar-refractivity contribution in [2.75, 3.05) is 19.3 Å². The normalized spacial score (nSPS) is 19.5. The first-order valence-corrected chi connectivity index (χ1v) is 9.74. The first-order valence-electron chi connectivity index (χ1n) is 7.79. The van der Waals surface area contributed by atoms with Gasteiger partial charge >= 0.3 is 0 Å². The van der Waals surface area contributed by atoms with Gasteiger partial charge in [0, 0.05) is 30.9 Å². The molecule has 23 heavy (non-hydrogen) atoms. The summed E-state index contributed by atoms with van der Waals surface area (Å²) in [6, 6.07) is 9.35. The minimum absolute atomic E-state index is 0.0662. The number of para-hydroxylation sites is 1. The number of amides is 1. The van der Waals surface area contributed by atoms with E-state index in [9.17, 15) is 13.2 Å². The van der Waals surface area contributed by atoms with Crippen molar-refractivity contribution in [3.8, 4) is 0 Å². The number of hydrogen-bond donors (Lipinski definition) is 0. The van der Waals surface area contributed by atoms with Gasteiger partial charge in [-0.05, 0) is 31.4 Å². The molecule has 1 aliphatic heterocycles. The first-order chi connectivity index (χ1) is 11.0. The highest BCUT2D eigenvalue weighted by Crippen LogP contribution is 2.22. The van der Waals surface area contributed by atoms with E-state index in [1.807, 2.05) is 24.3 Å². The van der Waals surface area contributed by atoms with Gasteiger partial charge in [-0.3, -0.25) is 9.78 Å². The molecule has 0 saturated carbocycles. The number of hydrogen-bond acceptors (Lipinski definition) is 4. The van der Waals surface area contributed by atoms with Crippen LogP contribution in [0.5, 0.6) is 0 Å². The van der Waals surface area contributed by atoms with Crippen molar-refractivity contribution >= 4 is 26.6 Å². The molecule has 1 aromatic carbocycles. The summed E-state index contributed by atoms with van der Waals surface area (Å²) in [5.74, 6) is -0.0662. The molecule has 0 radical (unpaired) electrons. The van der Waals surface area contributed by atoms with Gasteiger partial charge in [-0.15, -0.1) is 0 Å². The fourth-order valence-electron chi connectivity index (χ4n) is 3.14. The van der Waals surface area contributed by atoms with Gasteiger partial charge in [0.25, 0.3) is 5.91 Å². The van der Waals surface area contributed by atoms with Crippen molar-refractivity contribution in [3.63, 3.8) is 0 Å². The zero-order valence-electron chi connectivity index (χ0n) is 13.1. The van der Waals surface area contributed by atoms with Gasteiger partial charge in [-0.2, -0.15) is 0 Å². The lowest BCUT2D eigenvalue weighted by atomic mass is 10.1. The number of carbonyl (C=O) groups is 1. The zero-order chi connectivity index (χ0) is 16.4. The van der Waals surface area contributed by atoms with E-state index in [4.69, 9.17) is 0 Å². The van der Waals surface area contributed by atoms with E-state index < -0.39 is 9.84 Å². The summed E-state index contributed by atoms with van der Waals surface area (Å²) >= 11 is 0. The zero-order valence-corrected chi connectivity index (χ0v) is 13.9. The van der Waals surface area contributed by atoms with E-state index in [0.29, 0.717) is 43.4 Å². The molecule has 1 amide bonds. The van der Waals surface area contributed by atoms with Gasteiger partial charge in [0.1, 0.15) is 9.84 Å². The van der Waals surface area contributed by atoms with Crippen molar-refractivity contribution in [3.05, 3.63) is 42.1 Å². The summed E-state index contributed by atoms with van der Waals surface area (Å²) in [6.07, 6.45) is 4.80. The molecule has 1 atom stereocenters. The van der Waals surface area contributed by atoms with Crippen LogP contribution in [0.2, 0.25) is 0 Å². The molecular weight excluding hydrogens is 312 g/mol. The summed E-state index contributed by atoms with van der Waals surface area (Å²) in [5, 5.41) is 0.591. The predicted molar refractivity (Wildman–Crippen MR) is 90.1 cm³/mol. The lowest BCUT2D eigenvalue weighted by Gasteiger charge is -2.21. The highest BCUT2D eigenvalue weighted by molar-refractivity contribution is 7.91. The Bertz CT molecular complexity index is 827. The van der Waals surface area contributed by atoms with Gasteiger partial charge in [0.2, 0.25) is 0 Å². The van der Waals surface area contributed by atoms with Crippen LogP contribution >= 0.6 is 0 Å². The molecular formula is C17H20N2O3S. The van der Waals surface area contributed by atoms with Crippen LogP contribution in [0.3, 0.4) is 0 Å². The van der Waals surface area contributed by atoms with E-state index in [1.54, 1.807) is 17.2 Å². The molecule has 0 N–H and O–H groups in total. The van der Waals surface area contributed by atoms with Crippen molar-refractivity contribution < 1.29 is 13.2 Å². The van der Waals surface area contributed by atoms with Gasteiger partial charge in [-0.1, -0.05) is 18.2 Å². The van der Waals surface area contributed by atoms with Crippen LogP contribution in [0.4, 0.5) is 0 Å². The SMILES string of the molecule is CS(=O)(=O)C1CCCN(C(=O)c2cccc3cccnc23)CC1. The molecule has 1 fully saturated rings. The maximum Gasteiger partial charge on any atom is 0.256 e. The molecule has 3 rings (SSSR count). The molecule has 6 heteroatoms. The summed E-state index contributed by atoms with van der Waals surface area (Å²) in [5.41, 5.74) is 1.28. The van der Waals surface area contributed by atoms with Gasteiger partial charge in [0.15, 0.2) is 0 Å². The molecule has 1 saturated heterocycles. The third-order valence-corrected chi connectivity index (χ3v) is 6.11. The number of likely N-dealkylation sites (tertiary alicyclic amines) is 1. The number of carbonyl (C=O) groups excluding carboxylic acids is 1. The standard InChI is InChI=1S/C17H20N2O3S/c1-23(21,22)14-7-4-11-19(12-9-14)17(20)15-8-2-5-13-6-3-10-18-16(13)15/h2-3,5-6,8,10,14H,4,7,9,11-12H2,1H3. The Morgan fingerprint density at radius 3 is 2.74 bits per heavy atom. The summed E-state index contributed by atoms with van der Waals surface area (Å²) < 4.78 is 23.5. The van der Waals surface area contributed by atoms with Crippen LogP contribution in [0, 0.1) is 0 Å². The number of pyridine rings is 1. The highest BCUT2D eigenvalue weighted by Gasteiger charge is 2.27. The fourth-order valence-corrected chi connectivity index (χ4v) is 4.27. The van der Waals surface area contributed by atoms with Crippen molar-refractivity contribution in [1.82, 2.24) is 9.88 Å². The number of aromatic nitrogens is 1. The summed E-state index contributed by atoms with van der Waals surface area (Å²) in [7, 11) is -3.05. The van der Waals surface area contributed by atoms with Crippen molar-refractivity contribution in [2.24, 2.45) is 0 Å². The minimum atomic E-state index is -3.05. The lowest BCUT2D eigenvalue weighted by Crippen LogP contribution is -2.32. The Hall–Kier alpha value is -1.95. The number of fused-ring (bicyclic) bond motifs is 1. The number of nitrogens with zero attached hydrogens (tertiary/aromatic N) is 2. The minimum Gasteiger partial charge on any atom is -0.339 e. The molecule has 0 spiro atoms. The average molecular weight is 332 g/mol. The Morgan fingerprint density at radius 1 is 1.17 bits per heavy atom. The second-order valence-corrected chi connectivity index (χ2v) is 8.38. The molecule has 2 aromatic rings. The van der Waals surface area contributed by atoms with Crippen LogP contribution in [-0.2, 0) is 9.84 Å². The van der Waals surface area contributed by atoms with Crippen LogP contribution in [0.25, 0.3) is 10.9 Å². The smallest absolute Gasteiger partial charge is 0.256 e. The average Bonchev–Trinajstić information content (AvgIpc) is 2.79. The summed E-state index contributed by atoms with van der Waals surface area (Å²) in [4.78, 5) is 18.9. The molecule has 122 valence electrons. The lowest BCUT2D eigenvalue weighted by molar-refractivity contribution is 0.0763. The van der Waals surface area contributed by atoms with E-state index in [0.717, 1.165) is 5.39 Å². The van der Waals surface area contributed by atoms with E-state index >= 15 is 0 Å². The Balaban J connectivity index is 1.85. The Labute approximate surface area is 136 Å². The molecule has 1 aliphatic rings. The second-order valence-electron chi connectivity index (χ2n) is 6.06. The largest absolute Gasteiger partial charge is 0.339 e. The van der Waals surface area contributed by atoms with E-state index in [-0.39, 0.29) is 11.2 Å². The topological polar surface area (TPSA) is 67.3 Å². The summed E-state index contributed by atoms with van der Waals surface area (Å²) in [6.45, 7) is 1.06. The van der Waals surface area contributed by atoms with Crippen LogP contribution < -0.4 is 0 Å². The number of benzene rings is 1. The van der Waals surface area contributed by atoms with Gasteiger partial charge in [0.05, 0.1) is 16.3 Å². The molecule has 0 bridgehead atoms. The molecule has 2 heterocycles. The maximum absolute atomic E-state index is 12.9. The first kappa shape index (κ1) is 15.9. The third kappa shape index (κ3) is 3.37. The Morgan fingerprint density at radius 2 is 1.96 bits per heavy atom. The fraction of sp³-hybridized carbons (Fsp3) is 0.412. The van der Waals surface area contributed by atoms with E-state index in [2.05, 4.69) is 4.98 Å². The van der Waals surface area contributed by atoms with E-state index in [1.165, 1.54) is 6.26 Å². The number of sulfone groups is 1. The number of rotatable bonds is 2. The van der Waals surface area contributed by atoms with Gasteiger partial charge in [-0.25, -0.2) is 8.42 Å².